The molecule has 0 spiro atoms. The molecular weight excluding hydrogens is 218 g/mol. The summed E-state index contributed by atoms with van der Waals surface area (Å²) in [6.45, 7) is 7.53. The third-order valence-electron chi connectivity index (χ3n) is 1.20. The largest absolute Gasteiger partial charge is 0.444 e. The first kappa shape index (κ1) is 14.0. The van der Waals surface area contributed by atoms with E-state index >= 15 is 0 Å². The van der Waals surface area contributed by atoms with Crippen molar-refractivity contribution < 1.29 is 9.53 Å². The minimum Gasteiger partial charge on any atom is -0.444 e. The topological polar surface area (TPSA) is 38.3 Å². The molecule has 0 radical (unpaired) electrons. The maximum atomic E-state index is 11.3. The highest BCUT2D eigenvalue weighted by Crippen LogP contribution is 2.17. The second-order valence-corrected chi connectivity index (χ2v) is 6.61. The van der Waals surface area contributed by atoms with Gasteiger partial charge in [-0.2, -0.15) is 0 Å². The van der Waals surface area contributed by atoms with E-state index in [1.54, 1.807) is 21.6 Å². The number of carbonyl (C=O) groups excluding carboxylic acids is 1. The summed E-state index contributed by atoms with van der Waals surface area (Å²) in [6, 6.07) is 0.141. The fourth-order valence-corrected chi connectivity index (χ4v) is 2.16. The fourth-order valence-electron chi connectivity index (χ4n) is 0.721. The first-order chi connectivity index (χ1) is 6.35. The summed E-state index contributed by atoms with van der Waals surface area (Å²) < 4.78 is 5.12. The van der Waals surface area contributed by atoms with E-state index in [9.17, 15) is 4.79 Å². The average molecular weight is 237 g/mol. The number of rotatable bonds is 4. The molecule has 84 valence electrons. The van der Waals surface area contributed by atoms with E-state index in [0.717, 1.165) is 5.75 Å². The van der Waals surface area contributed by atoms with Gasteiger partial charge >= 0.3 is 6.09 Å². The Morgan fingerprint density at radius 2 is 2.07 bits per heavy atom. The average Bonchev–Trinajstić information content (AvgIpc) is 1.96. The predicted molar refractivity (Wildman–Crippen MR) is 64.8 cm³/mol. The zero-order chi connectivity index (χ0) is 11.2. The Bertz CT molecular complexity index is 180. The van der Waals surface area contributed by atoms with Crippen LogP contribution in [0.4, 0.5) is 4.79 Å². The normalized spacial score (nSPS) is 13.5. The molecule has 0 fully saturated rings. The molecule has 0 aliphatic heterocycles. The number of nitrogens with one attached hydrogen (secondary N) is 1. The highest BCUT2D eigenvalue weighted by atomic mass is 33.1. The van der Waals surface area contributed by atoms with Crippen molar-refractivity contribution in [2.24, 2.45) is 0 Å². The third kappa shape index (κ3) is 8.56. The smallest absolute Gasteiger partial charge is 0.407 e. The maximum Gasteiger partial charge on any atom is 0.407 e. The van der Waals surface area contributed by atoms with Crippen molar-refractivity contribution in [1.29, 1.82) is 0 Å². The van der Waals surface area contributed by atoms with E-state index in [2.05, 4.69) is 5.32 Å². The van der Waals surface area contributed by atoms with Gasteiger partial charge in [0.05, 0.1) is 0 Å². The van der Waals surface area contributed by atoms with Crippen LogP contribution in [0.2, 0.25) is 0 Å². The van der Waals surface area contributed by atoms with Crippen LogP contribution in [0.15, 0.2) is 0 Å². The van der Waals surface area contributed by atoms with Crippen molar-refractivity contribution in [1.82, 2.24) is 5.32 Å². The van der Waals surface area contributed by atoms with Crippen LogP contribution in [0.1, 0.15) is 27.7 Å². The van der Waals surface area contributed by atoms with Gasteiger partial charge in [0.15, 0.2) is 0 Å². The number of ether oxygens (including phenoxy) is 1. The molecule has 0 aromatic rings. The summed E-state index contributed by atoms with van der Waals surface area (Å²) in [5, 5.41) is 2.78. The second kappa shape index (κ2) is 6.45. The van der Waals surface area contributed by atoms with Crippen molar-refractivity contribution in [3.05, 3.63) is 0 Å². The number of amides is 1. The molecule has 1 N–H and O–H groups in total. The Labute approximate surface area is 94.1 Å². The maximum absolute atomic E-state index is 11.3. The highest BCUT2D eigenvalue weighted by Gasteiger charge is 2.17. The van der Waals surface area contributed by atoms with Crippen LogP contribution in [-0.4, -0.2) is 29.7 Å². The van der Waals surface area contributed by atoms with Gasteiger partial charge < -0.3 is 10.1 Å². The molecule has 0 aromatic heterocycles. The molecular formula is C9H19NO2S2. The van der Waals surface area contributed by atoms with E-state index in [-0.39, 0.29) is 12.1 Å². The summed E-state index contributed by atoms with van der Waals surface area (Å²) in [6.07, 6.45) is 1.68. The number of carbonyl (C=O) groups is 1. The molecule has 0 saturated heterocycles. The minimum absolute atomic E-state index is 0.141. The molecule has 1 atom stereocenters. The van der Waals surface area contributed by atoms with E-state index in [0.29, 0.717) is 0 Å². The lowest BCUT2D eigenvalue weighted by Crippen LogP contribution is -2.38. The summed E-state index contributed by atoms with van der Waals surface area (Å²) in [5.41, 5.74) is -0.420. The number of alkyl carbamates (subject to hydrolysis) is 1. The number of hydrogen-bond donors (Lipinski definition) is 1. The Kier molecular flexibility index (Phi) is 6.44. The first-order valence-corrected chi connectivity index (χ1v) is 7.23. The zero-order valence-electron chi connectivity index (χ0n) is 9.42. The molecule has 0 aliphatic carbocycles. The van der Waals surface area contributed by atoms with Gasteiger partial charge in [-0.1, -0.05) is 21.6 Å². The summed E-state index contributed by atoms with van der Waals surface area (Å²) in [5.74, 6) is 0.889. The van der Waals surface area contributed by atoms with Gasteiger partial charge in [-0.05, 0) is 34.0 Å². The molecule has 0 rings (SSSR count). The SMILES string of the molecule is CSSCC(C)NC(=O)OC(C)(C)C. The molecule has 0 heterocycles. The molecule has 0 aliphatic rings. The Hall–Kier alpha value is -0.0300. The first-order valence-electron chi connectivity index (χ1n) is 4.50. The molecule has 0 aromatic carbocycles. The summed E-state index contributed by atoms with van der Waals surface area (Å²) in [7, 11) is 3.42. The van der Waals surface area contributed by atoms with Gasteiger partial charge in [0.25, 0.3) is 0 Å². The molecule has 1 unspecified atom stereocenters. The summed E-state index contributed by atoms with van der Waals surface area (Å²) >= 11 is 0. The van der Waals surface area contributed by atoms with Crippen molar-refractivity contribution >= 4 is 27.7 Å². The third-order valence-corrected chi connectivity index (χ3v) is 3.19. The van der Waals surface area contributed by atoms with E-state index in [4.69, 9.17) is 4.74 Å². The molecule has 0 bridgehead atoms. The van der Waals surface area contributed by atoms with Crippen molar-refractivity contribution in [2.45, 2.75) is 39.3 Å². The fraction of sp³-hybridized carbons (Fsp3) is 0.889. The molecule has 3 nitrogen and oxygen atoms in total. The van der Waals surface area contributed by atoms with E-state index in [1.807, 2.05) is 34.0 Å². The van der Waals surface area contributed by atoms with Gasteiger partial charge in [-0.3, -0.25) is 0 Å². The van der Waals surface area contributed by atoms with Crippen molar-refractivity contribution in [2.75, 3.05) is 12.0 Å². The Morgan fingerprint density at radius 3 is 2.50 bits per heavy atom. The van der Waals surface area contributed by atoms with Crippen LogP contribution in [0, 0.1) is 0 Å². The van der Waals surface area contributed by atoms with Gasteiger partial charge in [-0.15, -0.1) is 0 Å². The monoisotopic (exact) mass is 237 g/mol. The van der Waals surface area contributed by atoms with Crippen LogP contribution in [0.25, 0.3) is 0 Å². The lowest BCUT2D eigenvalue weighted by atomic mass is 10.2. The van der Waals surface area contributed by atoms with Gasteiger partial charge in [0.2, 0.25) is 0 Å². The van der Waals surface area contributed by atoms with Crippen LogP contribution in [-0.2, 0) is 4.74 Å². The zero-order valence-corrected chi connectivity index (χ0v) is 11.1. The van der Waals surface area contributed by atoms with Crippen molar-refractivity contribution in [3.63, 3.8) is 0 Å². The standard InChI is InChI=1S/C9H19NO2S2/c1-7(6-14-13-5)10-8(11)12-9(2,3)4/h7H,6H2,1-5H3,(H,10,11). The van der Waals surface area contributed by atoms with Crippen LogP contribution < -0.4 is 5.32 Å². The van der Waals surface area contributed by atoms with Crippen LogP contribution in [0.5, 0.6) is 0 Å². The van der Waals surface area contributed by atoms with E-state index in [1.165, 1.54) is 0 Å². The molecule has 5 heteroatoms. The molecule has 1 amide bonds. The Morgan fingerprint density at radius 1 is 1.50 bits per heavy atom. The van der Waals surface area contributed by atoms with Gasteiger partial charge in [0, 0.05) is 11.8 Å². The second-order valence-electron chi connectivity index (χ2n) is 4.00. The minimum atomic E-state index is -0.420. The van der Waals surface area contributed by atoms with Gasteiger partial charge in [-0.25, -0.2) is 4.79 Å². The quantitative estimate of drug-likeness (QED) is 0.763. The molecule has 14 heavy (non-hydrogen) atoms. The Balaban J connectivity index is 3.71. The van der Waals surface area contributed by atoms with Crippen molar-refractivity contribution in [3.8, 4) is 0 Å². The van der Waals surface area contributed by atoms with Gasteiger partial charge in [0.1, 0.15) is 5.60 Å². The highest BCUT2D eigenvalue weighted by molar-refractivity contribution is 8.76. The van der Waals surface area contributed by atoms with E-state index < -0.39 is 5.60 Å². The van der Waals surface area contributed by atoms with Crippen LogP contribution >= 0.6 is 21.6 Å². The predicted octanol–water partition coefficient (Wildman–Crippen LogP) is 2.91. The lowest BCUT2D eigenvalue weighted by Gasteiger charge is -2.21. The molecule has 0 saturated carbocycles. The van der Waals surface area contributed by atoms with Crippen LogP contribution in [0.3, 0.4) is 0 Å². The lowest BCUT2D eigenvalue weighted by molar-refractivity contribution is 0.0513. The number of hydrogen-bond acceptors (Lipinski definition) is 4. The summed E-state index contributed by atoms with van der Waals surface area (Å²) in [4.78, 5) is 11.3.